The molecule has 0 radical (unpaired) electrons. The smallest absolute Gasteiger partial charge is 0.416 e. The second kappa shape index (κ2) is 10.4. The number of alkyl halides is 3. The van der Waals surface area contributed by atoms with Gasteiger partial charge in [-0.15, -0.1) is 0 Å². The Labute approximate surface area is 201 Å². The predicted molar refractivity (Wildman–Crippen MR) is 127 cm³/mol. The topological polar surface area (TPSA) is 74.2 Å². The van der Waals surface area contributed by atoms with Crippen molar-refractivity contribution in [1.29, 1.82) is 0 Å². The summed E-state index contributed by atoms with van der Waals surface area (Å²) in [5, 5.41) is 3.87. The van der Waals surface area contributed by atoms with E-state index in [-0.39, 0.29) is 30.7 Å². The van der Waals surface area contributed by atoms with Gasteiger partial charge in [0.25, 0.3) is 5.91 Å². The Balaban J connectivity index is 1.53. The molecule has 0 unspecified atom stereocenters. The Morgan fingerprint density at radius 3 is 2.71 bits per heavy atom. The van der Waals surface area contributed by atoms with Crippen LogP contribution in [0.4, 0.5) is 13.2 Å². The summed E-state index contributed by atoms with van der Waals surface area (Å²) in [6.45, 7) is 4.75. The number of aromatic amines is 1. The number of halogens is 3. The van der Waals surface area contributed by atoms with E-state index in [0.29, 0.717) is 24.4 Å². The van der Waals surface area contributed by atoms with Crippen molar-refractivity contribution in [3.63, 3.8) is 0 Å². The van der Waals surface area contributed by atoms with Crippen LogP contribution in [0, 0.1) is 0 Å². The summed E-state index contributed by atoms with van der Waals surface area (Å²) < 4.78 is 45.2. The zero-order chi connectivity index (χ0) is 25.0. The van der Waals surface area contributed by atoms with Gasteiger partial charge in [-0.25, -0.2) is 4.98 Å². The third-order valence-corrected chi connectivity index (χ3v) is 5.60. The van der Waals surface area contributed by atoms with Gasteiger partial charge >= 0.3 is 6.18 Å². The molecule has 6 nitrogen and oxygen atoms in total. The summed E-state index contributed by atoms with van der Waals surface area (Å²) in [6, 6.07) is 13.2. The van der Waals surface area contributed by atoms with Gasteiger partial charge in [-0.05, 0) is 43.5 Å². The van der Waals surface area contributed by atoms with Gasteiger partial charge in [-0.1, -0.05) is 36.4 Å². The Morgan fingerprint density at radius 2 is 1.94 bits per heavy atom. The number of carbonyl (C=O) groups is 1. The van der Waals surface area contributed by atoms with Crippen LogP contribution in [-0.2, 0) is 25.7 Å². The van der Waals surface area contributed by atoms with Crippen molar-refractivity contribution in [2.24, 2.45) is 0 Å². The number of para-hydroxylation sites is 1. The van der Waals surface area contributed by atoms with Gasteiger partial charge < -0.3 is 14.7 Å². The molecule has 2 N–H and O–H groups in total. The van der Waals surface area contributed by atoms with Gasteiger partial charge in [-0.2, -0.15) is 13.2 Å². The van der Waals surface area contributed by atoms with Crippen molar-refractivity contribution >= 4 is 16.8 Å². The zero-order valence-corrected chi connectivity index (χ0v) is 19.5. The second-order valence-corrected chi connectivity index (χ2v) is 8.77. The molecule has 0 aliphatic rings. The molecule has 9 heteroatoms. The lowest BCUT2D eigenvalue weighted by Crippen LogP contribution is -2.30. The molecule has 0 aliphatic heterocycles. The zero-order valence-electron chi connectivity index (χ0n) is 19.5. The van der Waals surface area contributed by atoms with E-state index in [4.69, 9.17) is 4.42 Å². The number of aromatic nitrogens is 2. The fraction of sp³-hybridized carbons (Fsp3) is 0.308. The molecule has 0 aliphatic carbocycles. The molecule has 0 saturated heterocycles. The maximum Gasteiger partial charge on any atom is 0.416 e. The van der Waals surface area contributed by atoms with Crippen LogP contribution >= 0.6 is 0 Å². The first-order chi connectivity index (χ1) is 16.7. The van der Waals surface area contributed by atoms with Crippen molar-refractivity contribution in [3.8, 4) is 0 Å². The Kier molecular flexibility index (Phi) is 7.25. The van der Waals surface area contributed by atoms with Gasteiger partial charge in [0.15, 0.2) is 5.69 Å². The molecule has 4 rings (SSSR count). The molecule has 0 saturated carbocycles. The average molecular weight is 485 g/mol. The van der Waals surface area contributed by atoms with Crippen LogP contribution in [0.15, 0.2) is 65.4 Å². The maximum absolute atomic E-state index is 13.2. The van der Waals surface area contributed by atoms with Crippen LogP contribution in [0.3, 0.4) is 0 Å². The predicted octanol–water partition coefficient (Wildman–Crippen LogP) is 5.56. The number of hydrogen-bond donors (Lipinski definition) is 2. The highest BCUT2D eigenvalue weighted by Gasteiger charge is 2.30. The number of nitrogens with zero attached hydrogens (tertiary/aromatic N) is 2. The van der Waals surface area contributed by atoms with Crippen LogP contribution < -0.4 is 5.32 Å². The minimum Gasteiger partial charge on any atom is -0.447 e. The van der Waals surface area contributed by atoms with E-state index in [2.05, 4.69) is 15.3 Å². The van der Waals surface area contributed by atoms with E-state index < -0.39 is 11.7 Å². The Bertz CT molecular complexity index is 1290. The number of amides is 1. The molecule has 35 heavy (non-hydrogen) atoms. The van der Waals surface area contributed by atoms with Crippen LogP contribution in [0.1, 0.15) is 46.9 Å². The normalized spacial score (nSPS) is 12.1. The molecule has 2 aromatic carbocycles. The second-order valence-electron chi connectivity index (χ2n) is 8.77. The molecule has 0 spiro atoms. The summed E-state index contributed by atoms with van der Waals surface area (Å²) in [6.07, 6.45) is -0.488. The van der Waals surface area contributed by atoms with Gasteiger partial charge in [0.2, 0.25) is 5.89 Å². The maximum atomic E-state index is 13.2. The molecule has 184 valence electrons. The molecular formula is C26H27F3N4O2. The highest BCUT2D eigenvalue weighted by molar-refractivity contribution is 5.92. The number of carbonyl (C=O) groups excluding carboxylic acids is 1. The quantitative estimate of drug-likeness (QED) is 0.326. The number of rotatable bonds is 9. The monoisotopic (exact) mass is 484 g/mol. The number of benzene rings is 2. The van der Waals surface area contributed by atoms with E-state index >= 15 is 0 Å². The standard InChI is InChI=1S/C26H27F3N4O2/c1-17(2)31-25(34)23-16-35-24(32-23)15-33(14-18-6-5-7-20(12-18)26(27,28)29)11-10-19-13-30-22-9-4-3-8-21(19)22/h3-9,12-13,16-17,30H,10-11,14-15H2,1-2H3,(H,31,34). The number of fused-ring (bicyclic) bond motifs is 1. The molecule has 0 atom stereocenters. The number of oxazole rings is 1. The summed E-state index contributed by atoms with van der Waals surface area (Å²) in [7, 11) is 0. The third-order valence-electron chi connectivity index (χ3n) is 5.60. The Hall–Kier alpha value is -3.59. The van der Waals surface area contributed by atoms with Crippen molar-refractivity contribution in [3.05, 3.63) is 89.3 Å². The molecule has 0 bridgehead atoms. The number of nitrogens with one attached hydrogen (secondary N) is 2. The van der Waals surface area contributed by atoms with E-state index in [0.717, 1.165) is 28.6 Å². The summed E-state index contributed by atoms with van der Waals surface area (Å²) in [5.74, 6) is -0.0111. The van der Waals surface area contributed by atoms with E-state index in [1.54, 1.807) is 6.07 Å². The highest BCUT2D eigenvalue weighted by atomic mass is 19.4. The SMILES string of the molecule is CC(C)NC(=O)c1coc(CN(CCc2c[nH]c3ccccc23)Cc2cccc(C(F)(F)F)c2)n1. The molecule has 1 amide bonds. The van der Waals surface area contributed by atoms with E-state index in [9.17, 15) is 18.0 Å². The van der Waals surface area contributed by atoms with Crippen molar-refractivity contribution in [2.75, 3.05) is 6.54 Å². The van der Waals surface area contributed by atoms with E-state index in [1.165, 1.54) is 12.3 Å². The summed E-state index contributed by atoms with van der Waals surface area (Å²) >= 11 is 0. The van der Waals surface area contributed by atoms with Gasteiger partial charge in [-0.3, -0.25) is 9.69 Å². The molecule has 2 aromatic heterocycles. The summed E-state index contributed by atoms with van der Waals surface area (Å²) in [4.78, 5) is 21.7. The first kappa shape index (κ1) is 24.5. The third kappa shape index (κ3) is 6.30. The molecule has 0 fully saturated rings. The minimum absolute atomic E-state index is 0.0452. The highest BCUT2D eigenvalue weighted by Crippen LogP contribution is 2.30. The lowest BCUT2D eigenvalue weighted by molar-refractivity contribution is -0.137. The number of hydrogen-bond acceptors (Lipinski definition) is 4. The number of H-pyrrole nitrogens is 1. The fourth-order valence-electron chi connectivity index (χ4n) is 3.95. The minimum atomic E-state index is -4.41. The summed E-state index contributed by atoms with van der Waals surface area (Å²) in [5.41, 5.74) is 2.15. The van der Waals surface area contributed by atoms with Crippen LogP contribution in [0.2, 0.25) is 0 Å². The van der Waals surface area contributed by atoms with Crippen LogP contribution in [-0.4, -0.2) is 33.4 Å². The lowest BCUT2D eigenvalue weighted by Gasteiger charge is -2.21. The van der Waals surface area contributed by atoms with Crippen LogP contribution in [0.25, 0.3) is 10.9 Å². The molecule has 2 heterocycles. The largest absolute Gasteiger partial charge is 0.447 e. The van der Waals surface area contributed by atoms with Gasteiger partial charge in [0.1, 0.15) is 6.26 Å². The molecular weight excluding hydrogens is 457 g/mol. The van der Waals surface area contributed by atoms with Crippen molar-refractivity contribution < 1.29 is 22.4 Å². The van der Waals surface area contributed by atoms with Crippen molar-refractivity contribution in [1.82, 2.24) is 20.2 Å². The Morgan fingerprint density at radius 1 is 1.14 bits per heavy atom. The first-order valence-corrected chi connectivity index (χ1v) is 11.4. The fourth-order valence-corrected chi connectivity index (χ4v) is 3.95. The van der Waals surface area contributed by atoms with Gasteiger partial charge in [0.05, 0.1) is 12.1 Å². The van der Waals surface area contributed by atoms with Crippen molar-refractivity contribution in [2.45, 2.75) is 45.6 Å². The van der Waals surface area contributed by atoms with Gasteiger partial charge in [0, 0.05) is 36.2 Å². The molecule has 4 aromatic rings. The first-order valence-electron chi connectivity index (χ1n) is 11.4. The average Bonchev–Trinajstić information content (AvgIpc) is 3.44. The van der Waals surface area contributed by atoms with E-state index in [1.807, 2.05) is 49.2 Å². The van der Waals surface area contributed by atoms with Crippen LogP contribution in [0.5, 0.6) is 0 Å². The lowest BCUT2D eigenvalue weighted by atomic mass is 10.1.